The lowest BCUT2D eigenvalue weighted by atomic mass is 9.93. The minimum Gasteiger partial charge on any atom is -0.496 e. The van der Waals surface area contributed by atoms with Crippen LogP contribution in [0.3, 0.4) is 0 Å². The van der Waals surface area contributed by atoms with E-state index in [9.17, 15) is 10.1 Å². The SMILES string of the molecule is CCOCCC(=O)C(C#N)c1ccc(C)c(OC)c1. The molecule has 0 amide bonds. The first kappa shape index (κ1) is 15.2. The quantitative estimate of drug-likeness (QED) is 0.708. The lowest BCUT2D eigenvalue weighted by molar-refractivity contribution is -0.120. The van der Waals surface area contributed by atoms with Crippen molar-refractivity contribution in [2.24, 2.45) is 0 Å². The number of rotatable bonds is 7. The molecule has 0 spiro atoms. The topological polar surface area (TPSA) is 59.3 Å². The number of methoxy groups -OCH3 is 1. The molecule has 0 aliphatic rings. The van der Waals surface area contributed by atoms with Gasteiger partial charge in [0.1, 0.15) is 11.7 Å². The molecule has 1 rings (SSSR count). The van der Waals surface area contributed by atoms with Crippen molar-refractivity contribution < 1.29 is 14.3 Å². The van der Waals surface area contributed by atoms with E-state index in [1.54, 1.807) is 19.2 Å². The highest BCUT2D eigenvalue weighted by Crippen LogP contribution is 2.25. The predicted octanol–water partition coefficient (Wildman–Crippen LogP) is 2.61. The first-order valence-corrected chi connectivity index (χ1v) is 6.28. The number of hydrogen-bond donors (Lipinski definition) is 0. The Morgan fingerprint density at radius 1 is 1.47 bits per heavy atom. The zero-order valence-electron chi connectivity index (χ0n) is 11.6. The molecule has 1 aromatic carbocycles. The van der Waals surface area contributed by atoms with Crippen molar-refractivity contribution in [2.45, 2.75) is 26.2 Å². The summed E-state index contributed by atoms with van der Waals surface area (Å²) in [5.41, 5.74) is 1.65. The van der Waals surface area contributed by atoms with Gasteiger partial charge in [0.25, 0.3) is 0 Å². The number of benzene rings is 1. The van der Waals surface area contributed by atoms with Gasteiger partial charge in [0.2, 0.25) is 0 Å². The maximum atomic E-state index is 12.0. The lowest BCUT2D eigenvalue weighted by Crippen LogP contribution is -2.13. The number of ether oxygens (including phenoxy) is 2. The average Bonchev–Trinajstić information content (AvgIpc) is 2.41. The van der Waals surface area contributed by atoms with E-state index in [2.05, 4.69) is 6.07 Å². The number of hydrogen-bond acceptors (Lipinski definition) is 4. The number of ketones is 1. The van der Waals surface area contributed by atoms with Crippen LogP contribution in [0.5, 0.6) is 5.75 Å². The third kappa shape index (κ3) is 4.08. The Hall–Kier alpha value is -1.86. The van der Waals surface area contributed by atoms with Gasteiger partial charge in [0.05, 0.1) is 19.8 Å². The van der Waals surface area contributed by atoms with Gasteiger partial charge in [-0.3, -0.25) is 4.79 Å². The smallest absolute Gasteiger partial charge is 0.156 e. The molecule has 0 bridgehead atoms. The standard InChI is InChI=1S/C15H19NO3/c1-4-19-8-7-14(17)13(10-16)12-6-5-11(2)15(9-12)18-3/h5-6,9,13H,4,7-8H2,1-3H3. The van der Waals surface area contributed by atoms with Gasteiger partial charge in [-0.1, -0.05) is 12.1 Å². The number of nitriles is 1. The van der Waals surface area contributed by atoms with Crippen molar-refractivity contribution in [3.8, 4) is 11.8 Å². The number of aryl methyl sites for hydroxylation is 1. The van der Waals surface area contributed by atoms with Crippen LogP contribution in [0, 0.1) is 18.3 Å². The zero-order valence-corrected chi connectivity index (χ0v) is 11.6. The van der Waals surface area contributed by atoms with E-state index < -0.39 is 5.92 Å². The molecule has 0 aliphatic carbocycles. The summed E-state index contributed by atoms with van der Waals surface area (Å²) < 4.78 is 10.4. The van der Waals surface area contributed by atoms with Crippen molar-refractivity contribution in [3.63, 3.8) is 0 Å². The average molecular weight is 261 g/mol. The van der Waals surface area contributed by atoms with E-state index in [-0.39, 0.29) is 12.2 Å². The monoisotopic (exact) mass is 261 g/mol. The molecule has 19 heavy (non-hydrogen) atoms. The Balaban J connectivity index is 2.85. The first-order chi connectivity index (χ1) is 9.13. The molecule has 0 fully saturated rings. The fourth-order valence-electron chi connectivity index (χ4n) is 1.81. The van der Waals surface area contributed by atoms with Crippen LogP contribution >= 0.6 is 0 Å². The zero-order chi connectivity index (χ0) is 14.3. The molecule has 0 heterocycles. The summed E-state index contributed by atoms with van der Waals surface area (Å²) in [4.78, 5) is 12.0. The second-order valence-corrected chi connectivity index (χ2v) is 4.20. The first-order valence-electron chi connectivity index (χ1n) is 6.28. The summed E-state index contributed by atoms with van der Waals surface area (Å²) >= 11 is 0. The van der Waals surface area contributed by atoms with Gasteiger partial charge in [-0.05, 0) is 31.0 Å². The maximum Gasteiger partial charge on any atom is 0.156 e. The molecule has 0 aromatic heterocycles. The van der Waals surface area contributed by atoms with E-state index in [0.717, 1.165) is 5.56 Å². The van der Waals surface area contributed by atoms with Crippen LogP contribution in [0.2, 0.25) is 0 Å². The molecule has 4 heteroatoms. The highest BCUT2D eigenvalue weighted by atomic mass is 16.5. The van der Waals surface area contributed by atoms with E-state index in [1.165, 1.54) is 0 Å². The minimum absolute atomic E-state index is 0.123. The highest BCUT2D eigenvalue weighted by Gasteiger charge is 2.20. The van der Waals surface area contributed by atoms with E-state index in [0.29, 0.717) is 24.5 Å². The van der Waals surface area contributed by atoms with Crippen molar-refractivity contribution in [2.75, 3.05) is 20.3 Å². The van der Waals surface area contributed by atoms with Crippen LogP contribution < -0.4 is 4.74 Å². The molecule has 0 saturated carbocycles. The van der Waals surface area contributed by atoms with Crippen LogP contribution in [-0.4, -0.2) is 26.1 Å². The van der Waals surface area contributed by atoms with Gasteiger partial charge in [0.15, 0.2) is 5.78 Å². The number of carbonyl (C=O) groups excluding carboxylic acids is 1. The Bertz CT molecular complexity index is 477. The third-order valence-corrected chi connectivity index (χ3v) is 2.91. The predicted molar refractivity (Wildman–Crippen MR) is 72.2 cm³/mol. The molecule has 1 unspecified atom stereocenters. The number of Topliss-reactive ketones (excluding diaryl/α,β-unsaturated/α-hetero) is 1. The fourth-order valence-corrected chi connectivity index (χ4v) is 1.81. The van der Waals surface area contributed by atoms with E-state index in [1.807, 2.05) is 19.9 Å². The molecule has 4 nitrogen and oxygen atoms in total. The molecule has 0 N–H and O–H groups in total. The van der Waals surface area contributed by atoms with Crippen LogP contribution in [-0.2, 0) is 9.53 Å². The number of nitrogens with zero attached hydrogens (tertiary/aromatic N) is 1. The molecular formula is C15H19NO3. The van der Waals surface area contributed by atoms with Crippen molar-refractivity contribution >= 4 is 5.78 Å². The van der Waals surface area contributed by atoms with Gasteiger partial charge in [-0.25, -0.2) is 0 Å². The second-order valence-electron chi connectivity index (χ2n) is 4.20. The Morgan fingerprint density at radius 2 is 2.21 bits per heavy atom. The maximum absolute atomic E-state index is 12.0. The van der Waals surface area contributed by atoms with Gasteiger partial charge in [-0.2, -0.15) is 5.26 Å². The van der Waals surface area contributed by atoms with Crippen LogP contribution in [0.1, 0.15) is 30.4 Å². The molecule has 1 atom stereocenters. The van der Waals surface area contributed by atoms with Gasteiger partial charge in [-0.15, -0.1) is 0 Å². The Morgan fingerprint density at radius 3 is 2.79 bits per heavy atom. The van der Waals surface area contributed by atoms with Crippen LogP contribution in [0.4, 0.5) is 0 Å². The summed E-state index contributed by atoms with van der Waals surface area (Å²) in [6, 6.07) is 7.46. The summed E-state index contributed by atoms with van der Waals surface area (Å²) in [6.07, 6.45) is 0.252. The molecular weight excluding hydrogens is 242 g/mol. The molecule has 0 radical (unpaired) electrons. The summed E-state index contributed by atoms with van der Waals surface area (Å²) in [5, 5.41) is 9.19. The summed E-state index contributed by atoms with van der Waals surface area (Å²) in [5.74, 6) is -0.188. The van der Waals surface area contributed by atoms with Crippen molar-refractivity contribution in [3.05, 3.63) is 29.3 Å². The molecule has 0 aliphatic heterocycles. The number of carbonyl (C=O) groups is 1. The van der Waals surface area contributed by atoms with Gasteiger partial charge in [0, 0.05) is 13.0 Å². The molecule has 1 aromatic rings. The largest absolute Gasteiger partial charge is 0.496 e. The molecule has 0 saturated heterocycles. The third-order valence-electron chi connectivity index (χ3n) is 2.91. The lowest BCUT2D eigenvalue weighted by Gasteiger charge is -2.11. The Labute approximate surface area is 113 Å². The molecule has 102 valence electrons. The minimum atomic E-state index is -0.755. The highest BCUT2D eigenvalue weighted by molar-refractivity contribution is 5.88. The van der Waals surface area contributed by atoms with E-state index >= 15 is 0 Å². The Kier molecular flexibility index (Phi) is 6.04. The fraction of sp³-hybridized carbons (Fsp3) is 0.467. The van der Waals surface area contributed by atoms with Gasteiger partial charge < -0.3 is 9.47 Å². The van der Waals surface area contributed by atoms with Gasteiger partial charge >= 0.3 is 0 Å². The normalized spacial score (nSPS) is 11.7. The second kappa shape index (κ2) is 7.55. The van der Waals surface area contributed by atoms with E-state index in [4.69, 9.17) is 9.47 Å². The van der Waals surface area contributed by atoms with Crippen molar-refractivity contribution in [1.29, 1.82) is 5.26 Å². The van der Waals surface area contributed by atoms with Crippen LogP contribution in [0.15, 0.2) is 18.2 Å². The van der Waals surface area contributed by atoms with Crippen LogP contribution in [0.25, 0.3) is 0 Å². The summed E-state index contributed by atoms with van der Waals surface area (Å²) in [6.45, 7) is 4.72. The van der Waals surface area contributed by atoms with Crippen molar-refractivity contribution in [1.82, 2.24) is 0 Å². The summed E-state index contributed by atoms with van der Waals surface area (Å²) in [7, 11) is 1.57.